The van der Waals surface area contributed by atoms with Gasteiger partial charge in [0.1, 0.15) is 23.5 Å². The molecular weight excluding hydrogens is 379 g/mol. The predicted octanol–water partition coefficient (Wildman–Crippen LogP) is 4.94. The smallest absolute Gasteiger partial charge is 0.237 e. The van der Waals surface area contributed by atoms with Crippen LogP contribution < -0.4 is 10.6 Å². The molecule has 0 saturated carbocycles. The number of piperidine rings is 1. The highest BCUT2D eigenvalue weighted by atomic mass is 19.1. The highest BCUT2D eigenvalue weighted by molar-refractivity contribution is 5.93. The van der Waals surface area contributed by atoms with Gasteiger partial charge in [-0.1, -0.05) is 6.07 Å². The Hall–Kier alpha value is -3.97. The molecule has 7 heteroatoms. The summed E-state index contributed by atoms with van der Waals surface area (Å²) in [6.07, 6.45) is 6.40. The van der Waals surface area contributed by atoms with E-state index in [-0.39, 0.29) is 17.1 Å². The summed E-state index contributed by atoms with van der Waals surface area (Å²) >= 11 is 0. The van der Waals surface area contributed by atoms with Gasteiger partial charge in [0.2, 0.25) is 5.69 Å². The van der Waals surface area contributed by atoms with Gasteiger partial charge >= 0.3 is 0 Å². The van der Waals surface area contributed by atoms with E-state index < -0.39 is 5.82 Å². The lowest BCUT2D eigenvalue weighted by atomic mass is 9.95. The summed E-state index contributed by atoms with van der Waals surface area (Å²) in [5.74, 6) is 0.0390. The zero-order valence-corrected chi connectivity index (χ0v) is 16.3. The summed E-state index contributed by atoms with van der Waals surface area (Å²) in [6, 6.07) is 10.3. The maximum absolute atomic E-state index is 14.6. The first kappa shape index (κ1) is 19.4. The molecule has 0 bridgehead atoms. The molecule has 1 fully saturated rings. The van der Waals surface area contributed by atoms with Gasteiger partial charge in [0.05, 0.1) is 12.1 Å². The summed E-state index contributed by atoms with van der Waals surface area (Å²) in [5.41, 5.74) is 8.52. The van der Waals surface area contributed by atoms with Gasteiger partial charge in [-0.15, -0.1) is 0 Å². The van der Waals surface area contributed by atoms with Crippen molar-refractivity contribution in [2.24, 2.45) is 0 Å². The van der Waals surface area contributed by atoms with E-state index in [2.05, 4.69) is 20.9 Å². The molecule has 2 N–H and O–H groups in total. The Balaban J connectivity index is 1.96. The van der Waals surface area contributed by atoms with Crippen molar-refractivity contribution in [1.29, 1.82) is 5.26 Å². The van der Waals surface area contributed by atoms with Gasteiger partial charge in [-0.25, -0.2) is 14.2 Å². The summed E-state index contributed by atoms with van der Waals surface area (Å²) in [6.45, 7) is 9.14. The number of halogens is 1. The van der Waals surface area contributed by atoms with Gasteiger partial charge in [-0.05, 0) is 54.7 Å². The first-order chi connectivity index (χ1) is 14.6. The Morgan fingerprint density at radius 3 is 2.57 bits per heavy atom. The highest BCUT2D eigenvalue weighted by Crippen LogP contribution is 2.42. The molecule has 0 amide bonds. The fourth-order valence-electron chi connectivity index (χ4n) is 3.85. The molecule has 1 saturated heterocycles. The van der Waals surface area contributed by atoms with Crippen LogP contribution in [0, 0.1) is 23.7 Å². The van der Waals surface area contributed by atoms with Crippen molar-refractivity contribution in [3.8, 4) is 28.3 Å². The number of nitriles is 1. The Morgan fingerprint density at radius 2 is 1.90 bits per heavy atom. The average molecular weight is 398 g/mol. The number of nitrogens with zero attached hydrogens (tertiary/aromatic N) is 5. The molecule has 0 spiro atoms. The van der Waals surface area contributed by atoms with Crippen LogP contribution in [0.3, 0.4) is 0 Å². The molecule has 1 aromatic carbocycles. The van der Waals surface area contributed by atoms with E-state index in [1.807, 2.05) is 11.0 Å². The number of rotatable bonds is 3. The first-order valence-corrected chi connectivity index (χ1v) is 9.69. The van der Waals surface area contributed by atoms with Gasteiger partial charge in [0, 0.05) is 36.6 Å². The van der Waals surface area contributed by atoms with Crippen molar-refractivity contribution >= 4 is 17.3 Å². The van der Waals surface area contributed by atoms with E-state index in [9.17, 15) is 9.65 Å². The second-order valence-electron chi connectivity index (χ2n) is 7.16. The van der Waals surface area contributed by atoms with E-state index in [0.717, 1.165) is 37.9 Å². The van der Waals surface area contributed by atoms with Crippen LogP contribution in [0.2, 0.25) is 0 Å². The number of aromatic nitrogens is 2. The van der Waals surface area contributed by atoms with E-state index in [1.54, 1.807) is 24.5 Å². The number of nitrogen functional groups attached to an aromatic ring is 1. The van der Waals surface area contributed by atoms with E-state index >= 15 is 0 Å². The van der Waals surface area contributed by atoms with Crippen molar-refractivity contribution in [2.75, 3.05) is 23.7 Å². The topological polar surface area (TPSA) is 83.2 Å². The highest BCUT2D eigenvalue weighted by Gasteiger charge is 2.25. The van der Waals surface area contributed by atoms with Crippen LogP contribution in [0.4, 0.5) is 21.7 Å². The largest absolute Gasteiger partial charge is 0.392 e. The maximum Gasteiger partial charge on any atom is 0.237 e. The zero-order chi connectivity index (χ0) is 21.1. The van der Waals surface area contributed by atoms with E-state index in [4.69, 9.17) is 12.3 Å². The lowest BCUT2D eigenvalue weighted by Gasteiger charge is -2.29. The third-order valence-electron chi connectivity index (χ3n) is 5.24. The maximum atomic E-state index is 14.6. The van der Waals surface area contributed by atoms with Crippen molar-refractivity contribution in [2.45, 2.75) is 19.3 Å². The Morgan fingerprint density at radius 1 is 1.13 bits per heavy atom. The molecule has 30 heavy (non-hydrogen) atoms. The Kier molecular flexibility index (Phi) is 5.28. The number of anilines is 2. The molecule has 1 aliphatic rings. The minimum atomic E-state index is -0.471. The van der Waals surface area contributed by atoms with E-state index in [1.165, 1.54) is 12.1 Å². The van der Waals surface area contributed by atoms with Crippen LogP contribution in [0.1, 0.15) is 24.8 Å². The fourth-order valence-corrected chi connectivity index (χ4v) is 3.85. The molecule has 4 rings (SSSR count). The standard InChI is InChI=1S/C23H19FN6/c1-27-21-20(17-10-16(11-18(24)12-17)15-6-5-7-28-14-15)19(13-25)23(29-22(21)26)30-8-3-2-4-9-30/h5-7,10-12,14H,2-4,8-9H2,(H2,26,29). The molecule has 6 nitrogen and oxygen atoms in total. The number of hydrogen-bond donors (Lipinski definition) is 1. The lowest BCUT2D eigenvalue weighted by molar-refractivity contribution is 0.573. The van der Waals surface area contributed by atoms with E-state index in [0.29, 0.717) is 22.5 Å². The summed E-state index contributed by atoms with van der Waals surface area (Å²) in [4.78, 5) is 14.0. The summed E-state index contributed by atoms with van der Waals surface area (Å²) < 4.78 is 14.6. The number of benzene rings is 1. The molecule has 148 valence electrons. The summed E-state index contributed by atoms with van der Waals surface area (Å²) in [7, 11) is 0. The number of nitrogens with two attached hydrogens (primary N) is 1. The van der Waals surface area contributed by atoms with Crippen LogP contribution in [0.5, 0.6) is 0 Å². The minimum absolute atomic E-state index is 0.0479. The second-order valence-corrected chi connectivity index (χ2v) is 7.16. The molecule has 3 aromatic rings. The Bertz CT molecular complexity index is 1170. The molecule has 2 aromatic heterocycles. The first-order valence-electron chi connectivity index (χ1n) is 9.69. The Labute approximate surface area is 174 Å². The van der Waals surface area contributed by atoms with Gasteiger partial charge < -0.3 is 10.6 Å². The van der Waals surface area contributed by atoms with Crippen molar-refractivity contribution in [1.82, 2.24) is 9.97 Å². The van der Waals surface area contributed by atoms with Crippen LogP contribution in [0.25, 0.3) is 27.1 Å². The molecule has 0 aliphatic carbocycles. The van der Waals surface area contributed by atoms with Gasteiger partial charge in [0.25, 0.3) is 0 Å². The van der Waals surface area contributed by atoms with Gasteiger partial charge in [0.15, 0.2) is 0 Å². The fraction of sp³-hybridized carbons (Fsp3) is 0.217. The van der Waals surface area contributed by atoms with Gasteiger partial charge in [-0.3, -0.25) is 4.98 Å². The second kappa shape index (κ2) is 8.18. The van der Waals surface area contributed by atoms with Crippen LogP contribution in [-0.4, -0.2) is 23.1 Å². The minimum Gasteiger partial charge on any atom is -0.392 e. The SMILES string of the molecule is [C-]#[N+]c1c(N)nc(N2CCCCC2)c(C#N)c1-c1cc(F)cc(-c2cccnc2)c1. The van der Waals surface area contributed by atoms with Crippen LogP contribution >= 0.6 is 0 Å². The normalized spacial score (nSPS) is 13.5. The van der Waals surface area contributed by atoms with Crippen molar-refractivity contribution < 1.29 is 4.39 Å². The third kappa shape index (κ3) is 3.54. The molecule has 1 aliphatic heterocycles. The monoisotopic (exact) mass is 398 g/mol. The quantitative estimate of drug-likeness (QED) is 0.632. The van der Waals surface area contributed by atoms with Crippen molar-refractivity contribution in [3.05, 3.63) is 65.5 Å². The predicted molar refractivity (Wildman–Crippen MR) is 114 cm³/mol. The zero-order valence-electron chi connectivity index (χ0n) is 16.3. The van der Waals surface area contributed by atoms with Crippen LogP contribution in [0.15, 0.2) is 42.7 Å². The third-order valence-corrected chi connectivity index (χ3v) is 5.24. The molecule has 3 heterocycles. The average Bonchev–Trinajstić information content (AvgIpc) is 2.79. The molecule has 0 atom stereocenters. The molecular formula is C23H19FN6. The number of pyridine rings is 2. The summed E-state index contributed by atoms with van der Waals surface area (Å²) in [5, 5.41) is 9.99. The van der Waals surface area contributed by atoms with Gasteiger partial charge in [-0.2, -0.15) is 5.26 Å². The number of hydrogen-bond acceptors (Lipinski definition) is 5. The molecule has 0 radical (unpaired) electrons. The molecule has 0 unspecified atom stereocenters. The van der Waals surface area contributed by atoms with Crippen molar-refractivity contribution in [3.63, 3.8) is 0 Å². The van der Waals surface area contributed by atoms with Crippen LogP contribution in [-0.2, 0) is 0 Å². The lowest BCUT2D eigenvalue weighted by Crippen LogP contribution is -2.31.